The fourth-order valence-corrected chi connectivity index (χ4v) is 1.96. The van der Waals surface area contributed by atoms with Crippen LogP contribution in [0.2, 0.25) is 0 Å². The number of nitrogens with two attached hydrogens (primary N) is 1. The normalized spacial score (nSPS) is 12.2. The Balaban J connectivity index is 2.28. The molecule has 2 aromatic rings. The Morgan fingerprint density at radius 2 is 1.50 bits per heavy atom. The van der Waals surface area contributed by atoms with Gasteiger partial charge in [0.2, 0.25) is 0 Å². The van der Waals surface area contributed by atoms with E-state index >= 15 is 0 Å². The molecular formula is C16H19NO. The summed E-state index contributed by atoms with van der Waals surface area (Å²) in [7, 11) is 1.66. The minimum absolute atomic E-state index is 0.0878. The van der Waals surface area contributed by atoms with Crippen LogP contribution in [0.3, 0.4) is 0 Å². The monoisotopic (exact) mass is 241 g/mol. The van der Waals surface area contributed by atoms with Gasteiger partial charge in [-0.15, -0.1) is 0 Å². The highest BCUT2D eigenvalue weighted by molar-refractivity contribution is 5.38. The Morgan fingerprint density at radius 1 is 0.889 bits per heavy atom. The summed E-state index contributed by atoms with van der Waals surface area (Å²) < 4.78 is 5.15. The summed E-state index contributed by atoms with van der Waals surface area (Å²) in [5, 5.41) is 0. The molecule has 0 saturated heterocycles. The molecule has 0 amide bonds. The van der Waals surface area contributed by atoms with Crippen LogP contribution in [0.1, 0.15) is 28.3 Å². The molecule has 94 valence electrons. The van der Waals surface area contributed by atoms with Crippen molar-refractivity contribution < 1.29 is 4.74 Å². The zero-order chi connectivity index (χ0) is 13.1. The smallest absolute Gasteiger partial charge is 0.118 e. The molecule has 0 heterocycles. The van der Waals surface area contributed by atoms with Gasteiger partial charge in [-0.2, -0.15) is 0 Å². The molecule has 0 spiro atoms. The van der Waals surface area contributed by atoms with Crippen molar-refractivity contribution in [2.24, 2.45) is 5.73 Å². The van der Waals surface area contributed by atoms with Gasteiger partial charge in [0.1, 0.15) is 5.75 Å². The molecule has 2 N–H and O–H groups in total. The highest BCUT2D eigenvalue weighted by Gasteiger charge is 2.09. The van der Waals surface area contributed by atoms with Crippen LogP contribution < -0.4 is 10.5 Å². The molecule has 0 bridgehead atoms. The summed E-state index contributed by atoms with van der Waals surface area (Å²) >= 11 is 0. The zero-order valence-corrected chi connectivity index (χ0v) is 11.1. The molecule has 2 heteroatoms. The first kappa shape index (κ1) is 12.7. The summed E-state index contributed by atoms with van der Waals surface area (Å²) in [4.78, 5) is 0. The molecule has 0 aliphatic carbocycles. The topological polar surface area (TPSA) is 35.2 Å². The van der Waals surface area contributed by atoms with Crippen LogP contribution in [0.25, 0.3) is 0 Å². The van der Waals surface area contributed by atoms with E-state index in [0.717, 1.165) is 16.9 Å². The molecule has 0 aliphatic rings. The molecule has 18 heavy (non-hydrogen) atoms. The van der Waals surface area contributed by atoms with Crippen molar-refractivity contribution in [1.82, 2.24) is 0 Å². The lowest BCUT2D eigenvalue weighted by Gasteiger charge is -2.14. The second-order valence-electron chi connectivity index (χ2n) is 4.59. The number of hydrogen-bond donors (Lipinski definition) is 1. The van der Waals surface area contributed by atoms with E-state index in [2.05, 4.69) is 32.0 Å². The Bertz CT molecular complexity index is 531. The molecule has 1 atom stereocenters. The van der Waals surface area contributed by atoms with Crippen molar-refractivity contribution >= 4 is 0 Å². The predicted octanol–water partition coefficient (Wildman–Crippen LogP) is 3.36. The van der Waals surface area contributed by atoms with Gasteiger partial charge in [0, 0.05) is 0 Å². The van der Waals surface area contributed by atoms with Gasteiger partial charge in [-0.1, -0.05) is 30.3 Å². The highest BCUT2D eigenvalue weighted by Crippen LogP contribution is 2.23. The van der Waals surface area contributed by atoms with Crippen LogP contribution >= 0.6 is 0 Å². The van der Waals surface area contributed by atoms with Crippen LogP contribution in [-0.2, 0) is 0 Å². The molecular weight excluding hydrogens is 222 g/mol. The van der Waals surface area contributed by atoms with Crippen LogP contribution in [0.4, 0.5) is 0 Å². The van der Waals surface area contributed by atoms with E-state index < -0.39 is 0 Å². The van der Waals surface area contributed by atoms with Gasteiger partial charge in [0.25, 0.3) is 0 Å². The maximum atomic E-state index is 6.29. The lowest BCUT2D eigenvalue weighted by molar-refractivity contribution is 0.414. The van der Waals surface area contributed by atoms with Crippen molar-refractivity contribution in [2.75, 3.05) is 7.11 Å². The van der Waals surface area contributed by atoms with Crippen LogP contribution in [0, 0.1) is 13.8 Å². The van der Waals surface area contributed by atoms with Gasteiger partial charge in [-0.05, 0) is 48.2 Å². The third-order valence-corrected chi connectivity index (χ3v) is 3.37. The lowest BCUT2D eigenvalue weighted by atomic mass is 9.96. The summed E-state index contributed by atoms with van der Waals surface area (Å²) in [6.45, 7) is 4.22. The van der Waals surface area contributed by atoms with Crippen LogP contribution in [0.5, 0.6) is 5.75 Å². The zero-order valence-electron chi connectivity index (χ0n) is 11.1. The third kappa shape index (κ3) is 2.54. The minimum Gasteiger partial charge on any atom is -0.497 e. The van der Waals surface area contributed by atoms with E-state index in [1.54, 1.807) is 7.11 Å². The van der Waals surface area contributed by atoms with Crippen LogP contribution in [-0.4, -0.2) is 7.11 Å². The highest BCUT2D eigenvalue weighted by atomic mass is 16.5. The number of hydrogen-bond acceptors (Lipinski definition) is 2. The summed E-state index contributed by atoms with van der Waals surface area (Å²) in [5.74, 6) is 0.853. The number of ether oxygens (including phenoxy) is 1. The Hall–Kier alpha value is -1.80. The van der Waals surface area contributed by atoms with Gasteiger partial charge in [-0.3, -0.25) is 0 Å². The number of methoxy groups -OCH3 is 1. The lowest BCUT2D eigenvalue weighted by Crippen LogP contribution is -2.12. The second-order valence-corrected chi connectivity index (χ2v) is 4.59. The first-order valence-corrected chi connectivity index (χ1v) is 6.08. The molecule has 0 aliphatic heterocycles. The average molecular weight is 241 g/mol. The molecule has 2 aromatic carbocycles. The number of benzene rings is 2. The van der Waals surface area contributed by atoms with Gasteiger partial charge >= 0.3 is 0 Å². The summed E-state index contributed by atoms with van der Waals surface area (Å²) in [6, 6.07) is 14.2. The van der Waals surface area contributed by atoms with Crippen molar-refractivity contribution in [1.29, 1.82) is 0 Å². The fraction of sp³-hybridized carbons (Fsp3) is 0.250. The molecule has 2 rings (SSSR count). The van der Waals surface area contributed by atoms with Crippen molar-refractivity contribution in [3.05, 3.63) is 64.7 Å². The molecule has 0 aromatic heterocycles. The van der Waals surface area contributed by atoms with E-state index in [4.69, 9.17) is 10.5 Å². The Morgan fingerprint density at radius 3 is 2.06 bits per heavy atom. The Labute approximate surface area is 108 Å². The van der Waals surface area contributed by atoms with E-state index in [0.29, 0.717) is 0 Å². The molecule has 0 fully saturated rings. The third-order valence-electron chi connectivity index (χ3n) is 3.37. The molecule has 2 nitrogen and oxygen atoms in total. The second kappa shape index (κ2) is 5.23. The molecule has 0 radical (unpaired) electrons. The molecule has 0 saturated carbocycles. The fourth-order valence-electron chi connectivity index (χ4n) is 1.96. The first-order chi connectivity index (χ1) is 8.61. The minimum atomic E-state index is -0.0878. The maximum Gasteiger partial charge on any atom is 0.118 e. The quantitative estimate of drug-likeness (QED) is 0.894. The average Bonchev–Trinajstić information content (AvgIpc) is 2.41. The van der Waals surface area contributed by atoms with Gasteiger partial charge in [0.05, 0.1) is 13.2 Å². The SMILES string of the molecule is COc1ccc(C(N)c2ccc(C)c(C)c2)cc1. The summed E-state index contributed by atoms with van der Waals surface area (Å²) in [6.07, 6.45) is 0. The Kier molecular flexibility index (Phi) is 3.68. The first-order valence-electron chi connectivity index (χ1n) is 6.08. The van der Waals surface area contributed by atoms with E-state index in [1.165, 1.54) is 11.1 Å². The number of aryl methyl sites for hydroxylation is 2. The number of rotatable bonds is 3. The standard InChI is InChI=1S/C16H19NO/c1-11-4-5-14(10-12(11)2)16(17)13-6-8-15(18-3)9-7-13/h4-10,16H,17H2,1-3H3. The largest absolute Gasteiger partial charge is 0.497 e. The summed E-state index contributed by atoms with van der Waals surface area (Å²) in [5.41, 5.74) is 11.1. The predicted molar refractivity (Wildman–Crippen MR) is 74.9 cm³/mol. The van der Waals surface area contributed by atoms with Gasteiger partial charge < -0.3 is 10.5 Å². The van der Waals surface area contributed by atoms with Crippen molar-refractivity contribution in [2.45, 2.75) is 19.9 Å². The van der Waals surface area contributed by atoms with Gasteiger partial charge in [0.15, 0.2) is 0 Å². The van der Waals surface area contributed by atoms with Crippen molar-refractivity contribution in [3.8, 4) is 5.75 Å². The van der Waals surface area contributed by atoms with E-state index in [9.17, 15) is 0 Å². The van der Waals surface area contributed by atoms with E-state index in [-0.39, 0.29) is 6.04 Å². The maximum absolute atomic E-state index is 6.29. The van der Waals surface area contributed by atoms with Gasteiger partial charge in [-0.25, -0.2) is 0 Å². The molecule has 1 unspecified atom stereocenters. The van der Waals surface area contributed by atoms with Crippen LogP contribution in [0.15, 0.2) is 42.5 Å². The van der Waals surface area contributed by atoms with E-state index in [1.807, 2.05) is 24.3 Å². The van der Waals surface area contributed by atoms with Crippen molar-refractivity contribution in [3.63, 3.8) is 0 Å².